The van der Waals surface area contributed by atoms with Gasteiger partial charge in [-0.3, -0.25) is 9.48 Å². The second-order valence-electron chi connectivity index (χ2n) is 5.36. The van der Waals surface area contributed by atoms with Crippen molar-refractivity contribution in [2.45, 2.75) is 26.9 Å². The van der Waals surface area contributed by atoms with Crippen molar-refractivity contribution in [3.8, 4) is 5.75 Å². The monoisotopic (exact) mass is 329 g/mol. The molecule has 0 saturated carbocycles. The van der Waals surface area contributed by atoms with E-state index < -0.39 is 0 Å². The zero-order valence-electron chi connectivity index (χ0n) is 13.2. The van der Waals surface area contributed by atoms with E-state index in [0.717, 1.165) is 22.2 Å². The van der Waals surface area contributed by atoms with Gasteiger partial charge in [0.2, 0.25) is 0 Å². The topological polar surface area (TPSA) is 58.4 Å². The van der Waals surface area contributed by atoms with E-state index in [4.69, 9.17) is 0 Å². The number of benzene rings is 1. The molecule has 2 heterocycles. The van der Waals surface area contributed by atoms with E-state index in [9.17, 15) is 9.90 Å². The molecule has 0 aliphatic heterocycles. The number of aromatic hydroxyl groups is 1. The van der Waals surface area contributed by atoms with Crippen molar-refractivity contribution in [3.05, 3.63) is 47.1 Å². The highest BCUT2D eigenvalue weighted by Crippen LogP contribution is 2.31. The Balaban J connectivity index is 1.85. The molecule has 0 unspecified atom stereocenters. The highest BCUT2D eigenvalue weighted by atomic mass is 32.1. The molecule has 0 atom stereocenters. The molecule has 3 rings (SSSR count). The number of carbonyl (C=O) groups excluding carboxylic acids is 1. The highest BCUT2D eigenvalue weighted by Gasteiger charge is 2.17. The number of carbonyl (C=O) groups is 1. The number of hydrogen-bond donors (Lipinski definition) is 1. The van der Waals surface area contributed by atoms with Crippen LogP contribution in [0.25, 0.3) is 10.1 Å². The van der Waals surface area contributed by atoms with Crippen LogP contribution in [0.2, 0.25) is 0 Å². The summed E-state index contributed by atoms with van der Waals surface area (Å²) in [5, 5.41) is 17.1. The lowest BCUT2D eigenvalue weighted by Gasteiger charge is -2.20. The Kier molecular flexibility index (Phi) is 4.34. The van der Waals surface area contributed by atoms with E-state index in [2.05, 4.69) is 5.10 Å². The average Bonchev–Trinajstić information content (AvgIpc) is 3.20. The molecule has 0 fully saturated rings. The van der Waals surface area contributed by atoms with E-state index >= 15 is 0 Å². The molecular weight excluding hydrogens is 310 g/mol. The number of amides is 1. The molecule has 6 heteroatoms. The third kappa shape index (κ3) is 3.07. The van der Waals surface area contributed by atoms with E-state index in [1.807, 2.05) is 42.2 Å². The molecular formula is C17H19N3O2S. The van der Waals surface area contributed by atoms with Crippen molar-refractivity contribution in [1.82, 2.24) is 14.7 Å². The summed E-state index contributed by atoms with van der Waals surface area (Å²) in [5.41, 5.74) is 1.51. The Hall–Kier alpha value is -2.34. The molecule has 3 aromatic rings. The summed E-state index contributed by atoms with van der Waals surface area (Å²) < 4.78 is 2.66. The van der Waals surface area contributed by atoms with Crippen LogP contribution in [0.4, 0.5) is 0 Å². The first-order chi connectivity index (χ1) is 11.1. The Morgan fingerprint density at radius 1 is 1.39 bits per heavy atom. The Morgan fingerprint density at radius 3 is 2.91 bits per heavy atom. The number of rotatable bonds is 5. The highest BCUT2D eigenvalue weighted by molar-refractivity contribution is 7.17. The molecule has 5 nitrogen and oxygen atoms in total. The fraction of sp³-hybridized carbons (Fsp3) is 0.294. The standard InChI is InChI=1S/C17H19N3O2S/c1-3-19(10-12-9-18-20(4-2)11-12)17(22)14-7-13-5-6-23-16(13)15(21)8-14/h5-9,11,21H,3-4,10H2,1-2H3. The normalized spacial score (nSPS) is 11.0. The zero-order chi connectivity index (χ0) is 16.4. The van der Waals surface area contributed by atoms with Gasteiger partial charge in [-0.15, -0.1) is 11.3 Å². The minimum atomic E-state index is -0.0832. The average molecular weight is 329 g/mol. The molecule has 23 heavy (non-hydrogen) atoms. The SMILES string of the molecule is CCN(Cc1cnn(CC)c1)C(=O)c1cc(O)c2sccc2c1. The number of aromatic nitrogens is 2. The maximum Gasteiger partial charge on any atom is 0.254 e. The predicted octanol–water partition coefficient (Wildman–Crippen LogP) is 3.49. The molecule has 1 aromatic carbocycles. The van der Waals surface area contributed by atoms with Crippen LogP contribution in [-0.2, 0) is 13.1 Å². The first-order valence-electron chi connectivity index (χ1n) is 7.63. The smallest absolute Gasteiger partial charge is 0.254 e. The molecule has 0 aliphatic rings. The van der Waals surface area contributed by atoms with Crippen molar-refractivity contribution < 1.29 is 9.90 Å². The maximum atomic E-state index is 12.8. The molecule has 0 spiro atoms. The zero-order valence-corrected chi connectivity index (χ0v) is 14.0. The minimum Gasteiger partial charge on any atom is -0.506 e. The molecule has 0 saturated heterocycles. The van der Waals surface area contributed by atoms with Gasteiger partial charge in [-0.2, -0.15) is 5.10 Å². The molecule has 1 amide bonds. The first-order valence-corrected chi connectivity index (χ1v) is 8.51. The van der Waals surface area contributed by atoms with Crippen LogP contribution in [0.5, 0.6) is 5.75 Å². The van der Waals surface area contributed by atoms with Gasteiger partial charge in [0.15, 0.2) is 0 Å². The van der Waals surface area contributed by atoms with Crippen molar-refractivity contribution in [2.75, 3.05) is 6.54 Å². The van der Waals surface area contributed by atoms with Crippen molar-refractivity contribution in [2.24, 2.45) is 0 Å². The van der Waals surface area contributed by atoms with Crippen LogP contribution in [0, 0.1) is 0 Å². The second kappa shape index (κ2) is 6.42. The van der Waals surface area contributed by atoms with E-state index in [0.29, 0.717) is 18.7 Å². The number of fused-ring (bicyclic) bond motifs is 1. The fourth-order valence-electron chi connectivity index (χ4n) is 2.58. The lowest BCUT2D eigenvalue weighted by Crippen LogP contribution is -2.30. The lowest BCUT2D eigenvalue weighted by molar-refractivity contribution is 0.0752. The fourth-order valence-corrected chi connectivity index (χ4v) is 3.37. The summed E-state index contributed by atoms with van der Waals surface area (Å²) in [6.07, 6.45) is 3.74. The Bertz CT molecular complexity index is 837. The van der Waals surface area contributed by atoms with Crippen LogP contribution in [0.1, 0.15) is 29.8 Å². The number of hydrogen-bond acceptors (Lipinski definition) is 4. The molecule has 120 valence electrons. The third-order valence-electron chi connectivity index (χ3n) is 3.83. The van der Waals surface area contributed by atoms with E-state index in [-0.39, 0.29) is 11.7 Å². The van der Waals surface area contributed by atoms with Crippen LogP contribution < -0.4 is 0 Å². The maximum absolute atomic E-state index is 12.8. The van der Waals surface area contributed by atoms with Crippen molar-refractivity contribution >= 4 is 27.3 Å². The molecule has 0 bridgehead atoms. The Labute approximate surface area is 138 Å². The first kappa shape index (κ1) is 15.6. The second-order valence-corrected chi connectivity index (χ2v) is 6.27. The summed E-state index contributed by atoms with van der Waals surface area (Å²) >= 11 is 1.47. The van der Waals surface area contributed by atoms with Gasteiger partial charge in [-0.1, -0.05) is 0 Å². The van der Waals surface area contributed by atoms with Gasteiger partial charge in [-0.05, 0) is 42.8 Å². The number of phenolic OH excluding ortho intramolecular Hbond substituents is 1. The summed E-state index contributed by atoms with van der Waals surface area (Å²) in [6.45, 7) is 5.89. The summed E-state index contributed by atoms with van der Waals surface area (Å²) in [7, 11) is 0. The quantitative estimate of drug-likeness (QED) is 0.779. The van der Waals surface area contributed by atoms with Gasteiger partial charge in [-0.25, -0.2) is 0 Å². The van der Waals surface area contributed by atoms with E-state index in [1.165, 1.54) is 11.3 Å². The summed E-state index contributed by atoms with van der Waals surface area (Å²) in [4.78, 5) is 14.5. The van der Waals surface area contributed by atoms with Crippen molar-refractivity contribution in [3.63, 3.8) is 0 Å². The minimum absolute atomic E-state index is 0.0832. The van der Waals surface area contributed by atoms with Gasteiger partial charge < -0.3 is 10.0 Å². The van der Waals surface area contributed by atoms with Gasteiger partial charge in [0, 0.05) is 37.0 Å². The summed E-state index contributed by atoms with van der Waals surface area (Å²) in [5.74, 6) is 0.0795. The molecule has 0 aliphatic carbocycles. The van der Waals surface area contributed by atoms with Crippen LogP contribution in [0.3, 0.4) is 0 Å². The van der Waals surface area contributed by atoms with Gasteiger partial charge in [0.05, 0.1) is 10.9 Å². The van der Waals surface area contributed by atoms with Gasteiger partial charge in [0.25, 0.3) is 5.91 Å². The summed E-state index contributed by atoms with van der Waals surface area (Å²) in [6, 6.07) is 5.31. The number of nitrogens with zero attached hydrogens (tertiary/aromatic N) is 3. The van der Waals surface area contributed by atoms with E-state index in [1.54, 1.807) is 17.2 Å². The largest absolute Gasteiger partial charge is 0.506 e. The van der Waals surface area contributed by atoms with Crippen LogP contribution in [0.15, 0.2) is 36.0 Å². The third-order valence-corrected chi connectivity index (χ3v) is 4.78. The number of phenols is 1. The molecule has 2 aromatic heterocycles. The van der Waals surface area contributed by atoms with Crippen molar-refractivity contribution in [1.29, 1.82) is 0 Å². The lowest BCUT2D eigenvalue weighted by atomic mass is 10.1. The van der Waals surface area contributed by atoms with Crippen LogP contribution >= 0.6 is 11.3 Å². The number of aryl methyl sites for hydroxylation is 1. The molecule has 1 N–H and O–H groups in total. The molecule has 0 radical (unpaired) electrons. The number of thiophene rings is 1. The van der Waals surface area contributed by atoms with Crippen LogP contribution in [-0.4, -0.2) is 32.2 Å². The van der Waals surface area contributed by atoms with Gasteiger partial charge >= 0.3 is 0 Å². The predicted molar refractivity (Wildman–Crippen MR) is 91.8 cm³/mol. The Morgan fingerprint density at radius 2 is 2.22 bits per heavy atom. The van der Waals surface area contributed by atoms with Gasteiger partial charge in [0.1, 0.15) is 5.75 Å².